The Hall–Kier alpha value is -0.760. The van der Waals surface area contributed by atoms with Gasteiger partial charge in [0.2, 0.25) is 0 Å². The number of rotatable bonds is 2. The second-order valence-corrected chi connectivity index (χ2v) is 2.29. The summed E-state index contributed by atoms with van der Waals surface area (Å²) < 4.78 is 5.34. The van der Waals surface area contributed by atoms with Crippen LogP contribution in [0.5, 0.6) is 0 Å². The first-order chi connectivity index (χ1) is 4.83. The van der Waals surface area contributed by atoms with Crippen molar-refractivity contribution in [2.75, 3.05) is 6.61 Å². The van der Waals surface area contributed by atoms with Gasteiger partial charge in [0.15, 0.2) is 0 Å². The largest absolute Gasteiger partial charge is 0.399 e. The fraction of sp³-hybridized carbons (Fsp3) is 0.500. The maximum Gasteiger partial charge on any atom is 0.0794 e. The van der Waals surface area contributed by atoms with E-state index in [0.29, 0.717) is 0 Å². The van der Waals surface area contributed by atoms with Gasteiger partial charge in [-0.1, -0.05) is 12.2 Å². The highest BCUT2D eigenvalue weighted by Crippen LogP contribution is 2.09. The molecule has 0 amide bonds. The highest BCUT2D eigenvalue weighted by atomic mass is 16.5. The van der Waals surface area contributed by atoms with Crippen LogP contribution in [0, 0.1) is 0 Å². The zero-order chi connectivity index (χ0) is 7.40. The summed E-state index contributed by atoms with van der Waals surface area (Å²) in [6.45, 7) is 2.76. The van der Waals surface area contributed by atoms with Gasteiger partial charge < -0.3 is 10.5 Å². The molecular weight excluding hydrogens is 126 g/mol. The molecule has 0 fully saturated rings. The van der Waals surface area contributed by atoms with E-state index in [1.807, 2.05) is 25.2 Å². The smallest absolute Gasteiger partial charge is 0.0794 e. The maximum atomic E-state index is 5.51. The van der Waals surface area contributed by atoms with Crippen LogP contribution in [0.25, 0.3) is 0 Å². The Morgan fingerprint density at radius 2 is 2.60 bits per heavy atom. The van der Waals surface area contributed by atoms with E-state index in [9.17, 15) is 0 Å². The van der Waals surface area contributed by atoms with Crippen molar-refractivity contribution in [3.63, 3.8) is 0 Å². The van der Waals surface area contributed by atoms with Crippen LogP contribution in [0.2, 0.25) is 0 Å². The molecule has 2 N–H and O–H groups in total. The lowest BCUT2D eigenvalue weighted by Crippen LogP contribution is -2.12. The van der Waals surface area contributed by atoms with Crippen LogP contribution in [0.1, 0.15) is 13.3 Å². The number of nitrogens with two attached hydrogens (primary N) is 1. The average Bonchev–Trinajstić information content (AvgIpc) is 1.95. The minimum Gasteiger partial charge on any atom is -0.399 e. The number of allylic oxidation sites excluding steroid dienone is 1. The topological polar surface area (TPSA) is 35.2 Å². The van der Waals surface area contributed by atoms with E-state index in [-0.39, 0.29) is 6.10 Å². The van der Waals surface area contributed by atoms with E-state index in [0.717, 1.165) is 18.7 Å². The van der Waals surface area contributed by atoms with Crippen molar-refractivity contribution in [1.29, 1.82) is 0 Å². The summed E-state index contributed by atoms with van der Waals surface area (Å²) in [5.74, 6) is 0. The van der Waals surface area contributed by atoms with E-state index in [4.69, 9.17) is 10.5 Å². The zero-order valence-electron chi connectivity index (χ0n) is 6.21. The van der Waals surface area contributed by atoms with Crippen molar-refractivity contribution in [2.24, 2.45) is 5.73 Å². The van der Waals surface area contributed by atoms with Gasteiger partial charge in [-0.15, -0.1) is 0 Å². The lowest BCUT2D eigenvalue weighted by molar-refractivity contribution is 0.0975. The molecule has 0 saturated heterocycles. The zero-order valence-corrected chi connectivity index (χ0v) is 6.21. The summed E-state index contributed by atoms with van der Waals surface area (Å²) in [6.07, 6.45) is 7.04. The summed E-state index contributed by atoms with van der Waals surface area (Å²) in [5.41, 5.74) is 6.36. The monoisotopic (exact) mass is 139 g/mol. The third-order valence-corrected chi connectivity index (χ3v) is 1.47. The first-order valence-electron chi connectivity index (χ1n) is 3.58. The van der Waals surface area contributed by atoms with Crippen LogP contribution in [0.15, 0.2) is 23.9 Å². The molecule has 0 saturated carbocycles. The van der Waals surface area contributed by atoms with Crippen LogP contribution < -0.4 is 5.73 Å². The molecule has 1 unspecified atom stereocenters. The predicted octanol–water partition coefficient (Wildman–Crippen LogP) is 1.19. The van der Waals surface area contributed by atoms with Gasteiger partial charge in [0.05, 0.1) is 6.10 Å². The summed E-state index contributed by atoms with van der Waals surface area (Å²) in [5, 5.41) is 0. The van der Waals surface area contributed by atoms with Crippen molar-refractivity contribution >= 4 is 0 Å². The molecule has 0 radical (unpaired) electrons. The standard InChI is InChI=1S/C8H13NO/c1-2-10-8-5-3-7(9)4-6-8/h3-5,8H,2,6,9H2,1H3. The molecule has 1 aliphatic rings. The average molecular weight is 139 g/mol. The minimum atomic E-state index is 0.247. The van der Waals surface area contributed by atoms with Gasteiger partial charge in [0.25, 0.3) is 0 Å². The van der Waals surface area contributed by atoms with Crippen LogP contribution in [0.3, 0.4) is 0 Å². The van der Waals surface area contributed by atoms with Crippen molar-refractivity contribution < 1.29 is 4.74 Å². The molecular formula is C8H13NO. The molecule has 0 bridgehead atoms. The second-order valence-electron chi connectivity index (χ2n) is 2.29. The van der Waals surface area contributed by atoms with E-state index in [1.165, 1.54) is 0 Å². The Kier molecular flexibility index (Phi) is 2.51. The van der Waals surface area contributed by atoms with Gasteiger partial charge in [-0.2, -0.15) is 0 Å². The van der Waals surface area contributed by atoms with Gasteiger partial charge in [-0.25, -0.2) is 0 Å². The lowest BCUT2D eigenvalue weighted by Gasteiger charge is -2.13. The van der Waals surface area contributed by atoms with Crippen molar-refractivity contribution in [3.05, 3.63) is 23.9 Å². The Labute approximate surface area is 61.4 Å². The van der Waals surface area contributed by atoms with Crippen LogP contribution in [0.4, 0.5) is 0 Å². The van der Waals surface area contributed by atoms with Gasteiger partial charge >= 0.3 is 0 Å². The van der Waals surface area contributed by atoms with E-state index >= 15 is 0 Å². The van der Waals surface area contributed by atoms with Crippen LogP contribution in [-0.4, -0.2) is 12.7 Å². The van der Waals surface area contributed by atoms with Gasteiger partial charge in [-0.3, -0.25) is 0 Å². The van der Waals surface area contributed by atoms with Gasteiger partial charge in [0, 0.05) is 12.3 Å². The van der Waals surface area contributed by atoms with Crippen molar-refractivity contribution in [3.8, 4) is 0 Å². The molecule has 1 rings (SSSR count). The summed E-state index contributed by atoms with van der Waals surface area (Å²) in [7, 11) is 0. The molecule has 0 aromatic rings. The molecule has 1 aliphatic carbocycles. The summed E-state index contributed by atoms with van der Waals surface area (Å²) in [6, 6.07) is 0. The lowest BCUT2D eigenvalue weighted by atomic mass is 10.1. The molecule has 56 valence electrons. The third kappa shape index (κ3) is 1.88. The molecule has 0 aliphatic heterocycles. The highest BCUT2D eigenvalue weighted by molar-refractivity contribution is 5.20. The molecule has 2 heteroatoms. The van der Waals surface area contributed by atoms with E-state index in [2.05, 4.69) is 0 Å². The maximum absolute atomic E-state index is 5.51. The summed E-state index contributed by atoms with van der Waals surface area (Å²) in [4.78, 5) is 0. The number of hydrogen-bond acceptors (Lipinski definition) is 2. The minimum absolute atomic E-state index is 0.247. The molecule has 10 heavy (non-hydrogen) atoms. The quantitative estimate of drug-likeness (QED) is 0.623. The van der Waals surface area contributed by atoms with Crippen LogP contribution in [-0.2, 0) is 4.74 Å². The molecule has 0 aromatic heterocycles. The van der Waals surface area contributed by atoms with E-state index in [1.54, 1.807) is 0 Å². The number of ether oxygens (including phenoxy) is 1. The van der Waals surface area contributed by atoms with Gasteiger partial charge in [0.1, 0.15) is 0 Å². The normalized spacial score (nSPS) is 24.5. The molecule has 0 spiro atoms. The van der Waals surface area contributed by atoms with Gasteiger partial charge in [-0.05, 0) is 19.4 Å². The molecule has 0 heterocycles. The molecule has 1 atom stereocenters. The van der Waals surface area contributed by atoms with Crippen LogP contribution >= 0.6 is 0 Å². The highest BCUT2D eigenvalue weighted by Gasteiger charge is 2.05. The second kappa shape index (κ2) is 3.42. The van der Waals surface area contributed by atoms with Crippen molar-refractivity contribution in [2.45, 2.75) is 19.4 Å². The Balaban J connectivity index is 2.37. The first kappa shape index (κ1) is 7.35. The fourth-order valence-electron chi connectivity index (χ4n) is 0.955. The number of hydrogen-bond donors (Lipinski definition) is 1. The Morgan fingerprint density at radius 1 is 1.80 bits per heavy atom. The summed E-state index contributed by atoms with van der Waals surface area (Å²) >= 11 is 0. The van der Waals surface area contributed by atoms with E-state index < -0.39 is 0 Å². The molecule has 2 nitrogen and oxygen atoms in total. The molecule has 0 aromatic carbocycles. The Morgan fingerprint density at radius 3 is 3.10 bits per heavy atom. The Bertz CT molecular complexity index is 161. The third-order valence-electron chi connectivity index (χ3n) is 1.47. The SMILES string of the molecule is CCOC1C=CC(N)=CC1. The van der Waals surface area contributed by atoms with Crippen molar-refractivity contribution in [1.82, 2.24) is 0 Å². The fourth-order valence-corrected chi connectivity index (χ4v) is 0.955. The predicted molar refractivity (Wildman–Crippen MR) is 41.4 cm³/mol. The first-order valence-corrected chi connectivity index (χ1v) is 3.58.